The highest BCUT2D eigenvalue weighted by Gasteiger charge is 2.12. The Bertz CT molecular complexity index is 836. The fourth-order valence-electron chi connectivity index (χ4n) is 2.16. The zero-order chi connectivity index (χ0) is 19.8. The minimum atomic E-state index is -1.24. The number of nitrogens with one attached hydrogen (secondary N) is 2. The van der Waals surface area contributed by atoms with Crippen molar-refractivity contribution in [2.24, 2.45) is 0 Å². The summed E-state index contributed by atoms with van der Waals surface area (Å²) in [5.74, 6) is -1.36. The first kappa shape index (κ1) is 20.2. The van der Waals surface area contributed by atoms with E-state index in [1.165, 1.54) is 18.2 Å². The maximum absolute atomic E-state index is 12.2. The largest absolute Gasteiger partial charge is 0.507 e. The van der Waals surface area contributed by atoms with Crippen molar-refractivity contribution < 1.29 is 24.5 Å². The first-order valence-electron chi connectivity index (χ1n) is 8.32. The van der Waals surface area contributed by atoms with Crippen LogP contribution in [-0.4, -0.2) is 33.8 Å². The molecule has 0 aliphatic heterocycles. The molecule has 0 aromatic heterocycles. The zero-order valence-electron chi connectivity index (χ0n) is 14.7. The number of aromatic hydroxyl groups is 1. The van der Waals surface area contributed by atoms with Gasteiger partial charge >= 0.3 is 5.97 Å². The van der Waals surface area contributed by atoms with Crippen LogP contribution in [0.3, 0.4) is 0 Å². The van der Waals surface area contributed by atoms with Gasteiger partial charge in [-0.05, 0) is 55.0 Å². The van der Waals surface area contributed by atoms with E-state index in [1.54, 1.807) is 24.3 Å². The van der Waals surface area contributed by atoms with Crippen LogP contribution in [0, 0.1) is 0 Å². The highest BCUT2D eigenvalue weighted by Crippen LogP contribution is 2.22. The van der Waals surface area contributed by atoms with Crippen molar-refractivity contribution >= 4 is 34.9 Å². The first-order chi connectivity index (χ1) is 12.9. The maximum atomic E-state index is 12.2. The van der Waals surface area contributed by atoms with Crippen molar-refractivity contribution in [1.82, 2.24) is 5.32 Å². The number of anilines is 1. The Morgan fingerprint density at radius 3 is 2.44 bits per heavy atom. The van der Waals surface area contributed by atoms with E-state index in [-0.39, 0.29) is 10.7 Å². The van der Waals surface area contributed by atoms with Crippen LogP contribution in [0.2, 0.25) is 0 Å². The van der Waals surface area contributed by atoms with Crippen LogP contribution < -0.4 is 15.4 Å². The second kappa shape index (κ2) is 9.54. The molecule has 0 unspecified atom stereocenters. The third kappa shape index (κ3) is 5.96. The number of phenols is 1. The van der Waals surface area contributed by atoms with Gasteiger partial charge in [0, 0.05) is 17.3 Å². The fraction of sp³-hybridized carbons (Fsp3) is 0.211. The van der Waals surface area contributed by atoms with E-state index in [4.69, 9.17) is 22.1 Å². The Labute approximate surface area is 162 Å². The highest BCUT2D eigenvalue weighted by atomic mass is 32.1. The summed E-state index contributed by atoms with van der Waals surface area (Å²) in [6.07, 6.45) is 2.01. The van der Waals surface area contributed by atoms with E-state index >= 15 is 0 Å². The molecule has 142 valence electrons. The summed E-state index contributed by atoms with van der Waals surface area (Å²) in [7, 11) is 0. The van der Waals surface area contributed by atoms with Gasteiger partial charge in [-0.2, -0.15) is 0 Å². The number of rotatable bonds is 7. The molecule has 8 heteroatoms. The Kier molecular flexibility index (Phi) is 7.13. The number of benzene rings is 2. The van der Waals surface area contributed by atoms with Gasteiger partial charge < -0.3 is 20.3 Å². The van der Waals surface area contributed by atoms with E-state index in [0.717, 1.165) is 12.8 Å². The molecule has 2 rings (SSSR count). The summed E-state index contributed by atoms with van der Waals surface area (Å²) < 4.78 is 5.54. The van der Waals surface area contributed by atoms with Gasteiger partial charge in [0.2, 0.25) is 0 Å². The summed E-state index contributed by atoms with van der Waals surface area (Å²) in [6.45, 7) is 2.71. The standard InChI is InChI=1S/C19H20N2O5S/c1-2-3-10-26-14-7-4-12(5-8-14)17(23)21-19(27)20-13-6-9-15(18(24)25)16(22)11-13/h4-9,11,22H,2-3,10H2,1H3,(H,24,25)(H2,20,21,23,27). The van der Waals surface area contributed by atoms with Gasteiger partial charge in [-0.25, -0.2) is 4.79 Å². The van der Waals surface area contributed by atoms with Crippen LogP contribution in [0.1, 0.15) is 40.5 Å². The average Bonchev–Trinajstić information content (AvgIpc) is 2.62. The molecule has 0 spiro atoms. The van der Waals surface area contributed by atoms with Crippen molar-refractivity contribution in [2.75, 3.05) is 11.9 Å². The van der Waals surface area contributed by atoms with Gasteiger partial charge in [0.1, 0.15) is 17.1 Å². The monoisotopic (exact) mass is 388 g/mol. The summed E-state index contributed by atoms with van der Waals surface area (Å²) >= 11 is 5.07. The number of hydrogen-bond acceptors (Lipinski definition) is 5. The molecule has 0 aliphatic rings. The number of ether oxygens (including phenoxy) is 1. The van der Waals surface area contributed by atoms with Crippen LogP contribution in [-0.2, 0) is 0 Å². The molecule has 27 heavy (non-hydrogen) atoms. The molecule has 2 aromatic rings. The third-order valence-electron chi connectivity index (χ3n) is 3.60. The summed E-state index contributed by atoms with van der Waals surface area (Å²) in [5, 5.41) is 23.8. The summed E-state index contributed by atoms with van der Waals surface area (Å²) in [5.41, 5.74) is 0.533. The Morgan fingerprint density at radius 1 is 1.15 bits per heavy atom. The number of amides is 1. The first-order valence-corrected chi connectivity index (χ1v) is 8.73. The van der Waals surface area contributed by atoms with Crippen molar-refractivity contribution in [3.05, 3.63) is 53.6 Å². The molecule has 0 saturated heterocycles. The number of unbranched alkanes of at least 4 members (excludes halogenated alkanes) is 1. The van der Waals surface area contributed by atoms with Crippen molar-refractivity contribution in [1.29, 1.82) is 0 Å². The molecule has 0 heterocycles. The van der Waals surface area contributed by atoms with Crippen LogP contribution in [0.25, 0.3) is 0 Å². The lowest BCUT2D eigenvalue weighted by Gasteiger charge is -2.11. The van der Waals surface area contributed by atoms with E-state index in [2.05, 4.69) is 17.6 Å². The van der Waals surface area contributed by atoms with Gasteiger partial charge in [-0.1, -0.05) is 13.3 Å². The molecule has 0 aliphatic carbocycles. The van der Waals surface area contributed by atoms with Gasteiger partial charge in [0.25, 0.3) is 5.91 Å². The maximum Gasteiger partial charge on any atom is 0.339 e. The predicted octanol–water partition coefficient (Wildman–Crippen LogP) is 3.40. The number of carboxylic acids is 1. The predicted molar refractivity (Wildman–Crippen MR) is 106 cm³/mol. The number of aromatic carboxylic acids is 1. The van der Waals surface area contributed by atoms with Crippen LogP contribution in [0.5, 0.6) is 11.5 Å². The number of hydrogen-bond donors (Lipinski definition) is 4. The lowest BCUT2D eigenvalue weighted by Crippen LogP contribution is -2.34. The molecule has 1 amide bonds. The molecule has 2 aromatic carbocycles. The smallest absolute Gasteiger partial charge is 0.339 e. The van der Waals surface area contributed by atoms with Crippen LogP contribution in [0.15, 0.2) is 42.5 Å². The lowest BCUT2D eigenvalue weighted by molar-refractivity contribution is 0.0693. The minimum Gasteiger partial charge on any atom is -0.507 e. The Morgan fingerprint density at radius 2 is 1.85 bits per heavy atom. The van der Waals surface area contributed by atoms with Gasteiger partial charge in [-0.15, -0.1) is 0 Å². The highest BCUT2D eigenvalue weighted by molar-refractivity contribution is 7.80. The molecule has 0 bridgehead atoms. The SMILES string of the molecule is CCCCOc1ccc(C(=O)NC(=S)Nc2ccc(C(=O)O)c(O)c2)cc1. The topological polar surface area (TPSA) is 108 Å². The number of carboxylic acid groups (broad SMARTS) is 1. The van der Waals surface area contributed by atoms with Crippen LogP contribution >= 0.6 is 12.2 Å². The second-order valence-corrected chi connectivity index (χ2v) is 6.08. The quantitative estimate of drug-likeness (QED) is 0.425. The Balaban J connectivity index is 1.92. The molecule has 7 nitrogen and oxygen atoms in total. The summed E-state index contributed by atoms with van der Waals surface area (Å²) in [6, 6.07) is 10.6. The van der Waals surface area contributed by atoms with Crippen LogP contribution in [0.4, 0.5) is 5.69 Å². The van der Waals surface area contributed by atoms with Gasteiger partial charge in [0.15, 0.2) is 5.11 Å². The number of carbonyl (C=O) groups is 2. The molecule has 0 radical (unpaired) electrons. The van der Waals surface area contributed by atoms with Crippen molar-refractivity contribution in [2.45, 2.75) is 19.8 Å². The number of thiocarbonyl (C=S) groups is 1. The van der Waals surface area contributed by atoms with E-state index in [9.17, 15) is 14.7 Å². The Hall–Kier alpha value is -3.13. The van der Waals surface area contributed by atoms with E-state index in [0.29, 0.717) is 23.6 Å². The third-order valence-corrected chi connectivity index (χ3v) is 3.80. The average molecular weight is 388 g/mol. The molecule has 0 fully saturated rings. The molecule has 0 saturated carbocycles. The zero-order valence-corrected chi connectivity index (χ0v) is 15.5. The second-order valence-electron chi connectivity index (χ2n) is 5.67. The van der Waals surface area contributed by atoms with Crippen molar-refractivity contribution in [3.63, 3.8) is 0 Å². The molecular weight excluding hydrogens is 368 g/mol. The van der Waals surface area contributed by atoms with Gasteiger partial charge in [0.05, 0.1) is 6.61 Å². The summed E-state index contributed by atoms with van der Waals surface area (Å²) in [4.78, 5) is 23.1. The van der Waals surface area contributed by atoms with Crippen molar-refractivity contribution in [3.8, 4) is 11.5 Å². The lowest BCUT2D eigenvalue weighted by atomic mass is 10.2. The van der Waals surface area contributed by atoms with E-state index < -0.39 is 17.6 Å². The molecule has 0 atom stereocenters. The normalized spacial score (nSPS) is 10.1. The minimum absolute atomic E-state index is 0.0192. The molecule has 4 N–H and O–H groups in total. The van der Waals surface area contributed by atoms with Gasteiger partial charge in [-0.3, -0.25) is 10.1 Å². The number of carbonyl (C=O) groups excluding carboxylic acids is 1. The molecular formula is C19H20N2O5S. The van der Waals surface area contributed by atoms with E-state index in [1.807, 2.05) is 0 Å². The fourth-order valence-corrected chi connectivity index (χ4v) is 2.38.